The first-order chi connectivity index (χ1) is 10.1. The Bertz CT molecular complexity index is 616. The number of hydrogen-bond acceptors (Lipinski definition) is 3. The average Bonchev–Trinajstić information content (AvgIpc) is 2.47. The van der Waals surface area contributed by atoms with E-state index in [4.69, 9.17) is 11.1 Å². The summed E-state index contributed by atoms with van der Waals surface area (Å²) in [6.45, 7) is 1.34. The van der Waals surface area contributed by atoms with Crippen molar-refractivity contribution < 1.29 is 5.11 Å². The largest absolute Gasteiger partial charge is 0.395 e. The maximum atomic E-state index is 9.28. The number of nitrogen functional groups attached to an aromatic ring is 1. The summed E-state index contributed by atoms with van der Waals surface area (Å²) in [5.74, 6) is 0.0326. The molecule has 0 aliphatic rings. The molecule has 2 aromatic rings. The van der Waals surface area contributed by atoms with Crippen LogP contribution in [0.25, 0.3) is 0 Å². The first kappa shape index (κ1) is 15.5. The molecular formula is C16H18BrN3O. The van der Waals surface area contributed by atoms with Gasteiger partial charge in [-0.15, -0.1) is 0 Å². The number of hydrogen-bond donors (Lipinski definition) is 3. The molecule has 21 heavy (non-hydrogen) atoms. The molecule has 0 unspecified atom stereocenters. The smallest absolute Gasteiger partial charge is 0.123 e. The fourth-order valence-corrected chi connectivity index (χ4v) is 2.72. The van der Waals surface area contributed by atoms with Crippen molar-refractivity contribution in [1.29, 1.82) is 5.41 Å². The molecule has 0 heterocycles. The van der Waals surface area contributed by atoms with E-state index >= 15 is 0 Å². The van der Waals surface area contributed by atoms with Crippen molar-refractivity contribution in [1.82, 2.24) is 0 Å². The summed E-state index contributed by atoms with van der Waals surface area (Å²) in [5, 5.41) is 16.8. The van der Waals surface area contributed by atoms with Gasteiger partial charge in [-0.1, -0.05) is 30.3 Å². The summed E-state index contributed by atoms with van der Waals surface area (Å²) in [7, 11) is 0. The highest BCUT2D eigenvalue weighted by molar-refractivity contribution is 9.10. The molecule has 0 saturated heterocycles. The number of amidine groups is 1. The maximum absolute atomic E-state index is 9.28. The average molecular weight is 348 g/mol. The maximum Gasteiger partial charge on any atom is 0.123 e. The van der Waals surface area contributed by atoms with Crippen LogP contribution in [0.2, 0.25) is 0 Å². The van der Waals surface area contributed by atoms with Crippen molar-refractivity contribution in [2.24, 2.45) is 5.73 Å². The van der Waals surface area contributed by atoms with Gasteiger partial charge in [-0.2, -0.15) is 0 Å². The first-order valence-electron chi connectivity index (χ1n) is 6.65. The zero-order valence-corrected chi connectivity index (χ0v) is 13.2. The van der Waals surface area contributed by atoms with E-state index in [-0.39, 0.29) is 12.4 Å². The van der Waals surface area contributed by atoms with Gasteiger partial charge in [-0.05, 0) is 39.7 Å². The molecule has 0 radical (unpaired) electrons. The van der Waals surface area contributed by atoms with Gasteiger partial charge < -0.3 is 15.7 Å². The third-order valence-electron chi connectivity index (χ3n) is 3.19. The number of rotatable bonds is 6. The van der Waals surface area contributed by atoms with Crippen LogP contribution in [0.4, 0.5) is 5.69 Å². The Labute approximate surface area is 132 Å². The Morgan fingerprint density at radius 1 is 1.19 bits per heavy atom. The minimum atomic E-state index is 0.0326. The van der Waals surface area contributed by atoms with Crippen LogP contribution in [0.15, 0.2) is 53.0 Å². The third-order valence-corrected chi connectivity index (χ3v) is 3.85. The van der Waals surface area contributed by atoms with E-state index in [1.54, 1.807) is 0 Å². The number of halogens is 1. The second kappa shape index (κ2) is 7.24. The van der Waals surface area contributed by atoms with Crippen LogP contribution in [-0.2, 0) is 6.54 Å². The molecule has 110 valence electrons. The van der Waals surface area contributed by atoms with Crippen molar-refractivity contribution in [2.75, 3.05) is 18.1 Å². The predicted octanol–water partition coefficient (Wildman–Crippen LogP) is 2.73. The summed E-state index contributed by atoms with van der Waals surface area (Å²) in [6, 6.07) is 15.8. The number of nitrogens with zero attached hydrogens (tertiary/aromatic N) is 1. The topological polar surface area (TPSA) is 73.3 Å². The first-order valence-corrected chi connectivity index (χ1v) is 7.45. The Balaban J connectivity index is 2.26. The van der Waals surface area contributed by atoms with Gasteiger partial charge in [0.25, 0.3) is 0 Å². The van der Waals surface area contributed by atoms with E-state index in [0.717, 1.165) is 10.2 Å². The molecule has 2 rings (SSSR count). The fraction of sp³-hybridized carbons (Fsp3) is 0.188. The number of aliphatic hydroxyl groups excluding tert-OH is 1. The Morgan fingerprint density at radius 2 is 1.90 bits per heavy atom. The lowest BCUT2D eigenvalue weighted by molar-refractivity contribution is 0.301. The molecule has 5 heteroatoms. The van der Waals surface area contributed by atoms with Crippen LogP contribution in [-0.4, -0.2) is 24.1 Å². The molecule has 0 bridgehead atoms. The van der Waals surface area contributed by atoms with Crippen LogP contribution in [0.1, 0.15) is 11.1 Å². The van der Waals surface area contributed by atoms with E-state index in [0.29, 0.717) is 18.7 Å². The molecule has 0 fully saturated rings. The minimum absolute atomic E-state index is 0.0326. The van der Waals surface area contributed by atoms with Gasteiger partial charge in [-0.3, -0.25) is 5.41 Å². The number of nitrogens with two attached hydrogens (primary N) is 1. The standard InChI is InChI=1S/C16H18BrN3O/c17-15-10-13(6-7-14(15)16(18)19)20(8-9-21)11-12-4-2-1-3-5-12/h1-7,10,21H,8-9,11H2,(H3,18,19). The van der Waals surface area contributed by atoms with Gasteiger partial charge in [0.1, 0.15) is 5.84 Å². The van der Waals surface area contributed by atoms with Crippen LogP contribution in [0, 0.1) is 5.41 Å². The number of anilines is 1. The van der Waals surface area contributed by atoms with Gasteiger partial charge in [0.05, 0.1) is 6.61 Å². The van der Waals surface area contributed by atoms with Crippen molar-refractivity contribution in [3.63, 3.8) is 0 Å². The second-order valence-electron chi connectivity index (χ2n) is 4.71. The van der Waals surface area contributed by atoms with Crippen LogP contribution in [0.3, 0.4) is 0 Å². The highest BCUT2D eigenvalue weighted by Gasteiger charge is 2.10. The number of aliphatic hydroxyl groups is 1. The van der Waals surface area contributed by atoms with Gasteiger partial charge >= 0.3 is 0 Å². The number of nitrogens with one attached hydrogen (secondary N) is 1. The van der Waals surface area contributed by atoms with Crippen molar-refractivity contribution in [3.8, 4) is 0 Å². The van der Waals surface area contributed by atoms with E-state index < -0.39 is 0 Å². The summed E-state index contributed by atoms with van der Waals surface area (Å²) in [4.78, 5) is 2.09. The van der Waals surface area contributed by atoms with Crippen LogP contribution < -0.4 is 10.6 Å². The van der Waals surface area contributed by atoms with E-state index in [1.165, 1.54) is 5.56 Å². The van der Waals surface area contributed by atoms with Gasteiger partial charge in [0, 0.05) is 28.8 Å². The SMILES string of the molecule is N=C(N)c1ccc(N(CCO)Cc2ccccc2)cc1Br. The molecular weight excluding hydrogens is 330 g/mol. The summed E-state index contributed by atoms with van der Waals surface area (Å²) >= 11 is 3.44. The lowest BCUT2D eigenvalue weighted by Gasteiger charge is -2.24. The van der Waals surface area contributed by atoms with E-state index in [2.05, 4.69) is 33.0 Å². The van der Waals surface area contributed by atoms with Gasteiger partial charge in [0.2, 0.25) is 0 Å². The number of benzene rings is 2. The molecule has 2 aromatic carbocycles. The van der Waals surface area contributed by atoms with Gasteiger partial charge in [-0.25, -0.2) is 0 Å². The Morgan fingerprint density at radius 3 is 2.48 bits per heavy atom. The van der Waals surface area contributed by atoms with Crippen molar-refractivity contribution >= 4 is 27.5 Å². The Hall–Kier alpha value is -1.85. The predicted molar refractivity (Wildman–Crippen MR) is 89.7 cm³/mol. The Kier molecular flexibility index (Phi) is 5.36. The molecule has 4 N–H and O–H groups in total. The molecule has 0 spiro atoms. The quantitative estimate of drug-likeness (QED) is 0.555. The zero-order valence-electron chi connectivity index (χ0n) is 11.6. The van der Waals surface area contributed by atoms with Crippen LogP contribution >= 0.6 is 15.9 Å². The van der Waals surface area contributed by atoms with Crippen LogP contribution in [0.5, 0.6) is 0 Å². The minimum Gasteiger partial charge on any atom is -0.395 e. The molecule has 0 aliphatic carbocycles. The van der Waals surface area contributed by atoms with Crippen molar-refractivity contribution in [3.05, 3.63) is 64.1 Å². The lowest BCUT2D eigenvalue weighted by Crippen LogP contribution is -2.26. The summed E-state index contributed by atoms with van der Waals surface area (Å²) in [6.07, 6.45) is 0. The molecule has 0 atom stereocenters. The van der Waals surface area contributed by atoms with E-state index in [1.807, 2.05) is 36.4 Å². The highest BCUT2D eigenvalue weighted by atomic mass is 79.9. The molecule has 0 aliphatic heterocycles. The molecule has 0 saturated carbocycles. The molecule has 0 aromatic heterocycles. The summed E-state index contributed by atoms with van der Waals surface area (Å²) in [5.41, 5.74) is 8.35. The third kappa shape index (κ3) is 4.06. The fourth-order valence-electron chi connectivity index (χ4n) is 2.14. The second-order valence-corrected chi connectivity index (χ2v) is 5.56. The van der Waals surface area contributed by atoms with Crippen molar-refractivity contribution in [2.45, 2.75) is 6.54 Å². The highest BCUT2D eigenvalue weighted by Crippen LogP contribution is 2.25. The molecule has 4 nitrogen and oxygen atoms in total. The van der Waals surface area contributed by atoms with Gasteiger partial charge in [0.15, 0.2) is 0 Å². The zero-order chi connectivity index (χ0) is 15.2. The van der Waals surface area contributed by atoms with E-state index in [9.17, 15) is 5.11 Å². The molecule has 0 amide bonds. The normalized spacial score (nSPS) is 10.4. The summed E-state index contributed by atoms with van der Waals surface area (Å²) < 4.78 is 0.781. The lowest BCUT2D eigenvalue weighted by atomic mass is 10.1. The monoisotopic (exact) mass is 347 g/mol.